The van der Waals surface area contributed by atoms with E-state index in [1.807, 2.05) is 0 Å². The molecule has 1 atom stereocenters. The molecule has 0 heterocycles. The molecule has 5 nitrogen and oxygen atoms in total. The van der Waals surface area contributed by atoms with E-state index in [-0.39, 0.29) is 25.2 Å². The van der Waals surface area contributed by atoms with Crippen molar-refractivity contribution in [3.8, 4) is 0 Å². The summed E-state index contributed by atoms with van der Waals surface area (Å²) in [6.45, 7) is 3.90. The van der Waals surface area contributed by atoms with Crippen molar-refractivity contribution in [2.45, 2.75) is 264 Å². The second-order valence-electron chi connectivity index (χ2n) is 20.7. The highest BCUT2D eigenvalue weighted by Crippen LogP contribution is 2.15. The smallest absolute Gasteiger partial charge is 0.306 e. The molecule has 1 unspecified atom stereocenters. The second-order valence-corrected chi connectivity index (χ2v) is 20.7. The van der Waals surface area contributed by atoms with Crippen LogP contribution in [0.1, 0.15) is 258 Å². The molecule has 0 rings (SSSR count). The van der Waals surface area contributed by atoms with E-state index in [0.29, 0.717) is 12.8 Å². The predicted molar refractivity (Wildman–Crippen MR) is 352 cm³/mol. The summed E-state index contributed by atoms with van der Waals surface area (Å²) >= 11 is 0. The van der Waals surface area contributed by atoms with Gasteiger partial charge in [0.1, 0.15) is 6.61 Å². The fourth-order valence-electron chi connectivity index (χ4n) is 8.43. The van der Waals surface area contributed by atoms with E-state index in [0.717, 1.165) is 141 Å². The Bertz CT molecular complexity index is 1820. The lowest BCUT2D eigenvalue weighted by Gasteiger charge is -2.15. The van der Waals surface area contributed by atoms with E-state index in [4.69, 9.17) is 9.47 Å². The molecular formula is C75H118O5. The molecule has 80 heavy (non-hydrogen) atoms. The molecule has 0 bridgehead atoms. The quantitative estimate of drug-likeness (QED) is 0.0373. The van der Waals surface area contributed by atoms with Gasteiger partial charge in [-0.2, -0.15) is 0 Å². The van der Waals surface area contributed by atoms with Crippen LogP contribution in [0.2, 0.25) is 0 Å². The third-order valence-electron chi connectivity index (χ3n) is 13.2. The number of hydrogen-bond acceptors (Lipinski definition) is 5. The maximum atomic E-state index is 12.4. The minimum Gasteiger partial charge on any atom is -0.462 e. The summed E-state index contributed by atoms with van der Waals surface area (Å²) < 4.78 is 10.7. The van der Waals surface area contributed by atoms with Crippen molar-refractivity contribution in [2.24, 2.45) is 0 Å². The molecule has 0 saturated carbocycles. The van der Waals surface area contributed by atoms with E-state index in [9.17, 15) is 14.7 Å². The topological polar surface area (TPSA) is 72.8 Å². The number of hydrogen-bond donors (Lipinski definition) is 1. The molecule has 1 N–H and O–H groups in total. The van der Waals surface area contributed by atoms with E-state index >= 15 is 0 Å². The Labute approximate surface area is 493 Å². The van der Waals surface area contributed by atoms with Gasteiger partial charge in [0.15, 0.2) is 6.10 Å². The van der Waals surface area contributed by atoms with Crippen LogP contribution < -0.4 is 0 Å². The number of allylic oxidation sites excluding steroid dienone is 30. The fraction of sp³-hybridized carbons (Fsp3) is 0.573. The summed E-state index contributed by atoms with van der Waals surface area (Å²) in [5.41, 5.74) is 0. The first-order valence-corrected chi connectivity index (χ1v) is 32.3. The van der Waals surface area contributed by atoms with Gasteiger partial charge in [-0.25, -0.2) is 0 Å². The molecule has 0 aromatic rings. The number of unbranched alkanes of at least 4 members (excludes halogenated alkanes) is 19. The summed E-state index contributed by atoms with van der Waals surface area (Å²) in [5, 5.41) is 9.69. The van der Waals surface area contributed by atoms with Gasteiger partial charge in [-0.05, 0) is 135 Å². The molecule has 0 amide bonds. The zero-order valence-electron chi connectivity index (χ0n) is 51.3. The normalized spacial score (nSPS) is 13.5. The van der Waals surface area contributed by atoms with Gasteiger partial charge in [0.25, 0.3) is 0 Å². The van der Waals surface area contributed by atoms with Gasteiger partial charge in [0.05, 0.1) is 6.61 Å². The van der Waals surface area contributed by atoms with Crippen LogP contribution in [0.5, 0.6) is 0 Å². The van der Waals surface area contributed by atoms with Gasteiger partial charge < -0.3 is 14.6 Å². The van der Waals surface area contributed by atoms with Crippen LogP contribution in [-0.4, -0.2) is 36.4 Å². The van der Waals surface area contributed by atoms with Gasteiger partial charge in [0, 0.05) is 12.8 Å². The van der Waals surface area contributed by atoms with Crippen molar-refractivity contribution < 1.29 is 24.2 Å². The highest BCUT2D eigenvalue weighted by Gasteiger charge is 2.16. The SMILES string of the molecule is CC/C=C\C/C=C\C/C=C\C/C=C\C/C=C\C/C=C\C/C=C\C/C=C\CCCCCCCCCCC(=O)OC(CO)COC(=O)CCCCCCCCCCCCC/C=C\C/C=C\C/C=C\C/C=C\C/C=C\C/C=C\C/C=C\CC. The van der Waals surface area contributed by atoms with Crippen molar-refractivity contribution in [3.63, 3.8) is 0 Å². The molecule has 0 aromatic heterocycles. The molecule has 0 fully saturated rings. The third-order valence-corrected chi connectivity index (χ3v) is 13.2. The first-order valence-electron chi connectivity index (χ1n) is 32.3. The van der Waals surface area contributed by atoms with Crippen LogP contribution in [0.25, 0.3) is 0 Å². The Morgan fingerprint density at radius 3 is 0.750 bits per heavy atom. The van der Waals surface area contributed by atoms with Crippen LogP contribution in [0.15, 0.2) is 182 Å². The molecule has 0 saturated heterocycles. The standard InChI is InChI=1S/C75H118O5/c1-3-5-7-9-11-13-15-17-19-21-23-25-27-29-31-33-35-37-39-41-43-45-47-49-51-53-55-57-59-61-63-65-67-69-74(77)79-72-73(71-76)80-75(78)70-68-66-64-62-60-58-56-54-52-50-48-46-44-42-40-38-36-34-32-30-28-26-24-22-20-18-16-14-12-10-8-6-4-2/h5-8,11-14,17-20,23-26,29-32,35-38,41-44,48,50,73,76H,3-4,9-10,15-16,21-22,27-28,33-34,39-40,45-47,49,51-72H2,1-2H3/b7-5-,8-6-,13-11-,14-12-,19-17-,20-18-,25-23-,26-24-,31-29-,32-30-,37-35-,38-36-,43-41-,44-42-,50-48-. The lowest BCUT2D eigenvalue weighted by molar-refractivity contribution is -0.161. The average molecular weight is 1100 g/mol. The van der Waals surface area contributed by atoms with Crippen LogP contribution >= 0.6 is 0 Å². The van der Waals surface area contributed by atoms with Gasteiger partial charge >= 0.3 is 11.9 Å². The van der Waals surface area contributed by atoms with Crippen molar-refractivity contribution in [1.29, 1.82) is 0 Å². The van der Waals surface area contributed by atoms with Gasteiger partial charge in [0.2, 0.25) is 0 Å². The van der Waals surface area contributed by atoms with Crippen molar-refractivity contribution >= 4 is 11.9 Å². The van der Waals surface area contributed by atoms with Crippen LogP contribution in [0.3, 0.4) is 0 Å². The average Bonchev–Trinajstić information content (AvgIpc) is 3.46. The monoisotopic (exact) mass is 1100 g/mol. The molecule has 0 aliphatic heterocycles. The second kappa shape index (κ2) is 68.3. The number of rotatable bonds is 57. The minimum absolute atomic E-state index is 0.0819. The summed E-state index contributed by atoms with van der Waals surface area (Å²) in [6, 6.07) is 0. The first kappa shape index (κ1) is 75.0. The Hall–Kier alpha value is -5.00. The fourth-order valence-corrected chi connectivity index (χ4v) is 8.43. The van der Waals surface area contributed by atoms with E-state index in [1.165, 1.54) is 89.9 Å². The van der Waals surface area contributed by atoms with E-state index < -0.39 is 6.10 Å². The van der Waals surface area contributed by atoms with Gasteiger partial charge in [-0.3, -0.25) is 9.59 Å². The molecule has 0 aliphatic carbocycles. The Kier molecular flexibility index (Phi) is 64.0. The Morgan fingerprint density at radius 1 is 0.287 bits per heavy atom. The van der Waals surface area contributed by atoms with E-state index in [1.54, 1.807) is 0 Å². The summed E-state index contributed by atoms with van der Waals surface area (Å²) in [4.78, 5) is 24.6. The maximum absolute atomic E-state index is 12.4. The van der Waals surface area contributed by atoms with Crippen molar-refractivity contribution in [2.75, 3.05) is 13.2 Å². The van der Waals surface area contributed by atoms with Crippen LogP contribution in [0.4, 0.5) is 0 Å². The summed E-state index contributed by atoms with van der Waals surface area (Å²) in [6.07, 6.45) is 107. The third kappa shape index (κ3) is 65.5. The molecular weight excluding hydrogens is 981 g/mol. The van der Waals surface area contributed by atoms with Crippen molar-refractivity contribution in [3.05, 3.63) is 182 Å². The Morgan fingerprint density at radius 2 is 0.500 bits per heavy atom. The number of esters is 2. The predicted octanol–water partition coefficient (Wildman–Crippen LogP) is 22.6. The first-order chi connectivity index (χ1) is 39.6. The molecule has 0 radical (unpaired) electrons. The van der Waals surface area contributed by atoms with Gasteiger partial charge in [-0.1, -0.05) is 292 Å². The molecule has 0 spiro atoms. The molecule has 5 heteroatoms. The molecule has 0 aromatic carbocycles. The Balaban J connectivity index is 3.59. The maximum Gasteiger partial charge on any atom is 0.306 e. The highest BCUT2D eigenvalue weighted by atomic mass is 16.6. The number of carbonyl (C=O) groups excluding carboxylic acids is 2. The molecule has 0 aliphatic rings. The minimum atomic E-state index is -0.793. The largest absolute Gasteiger partial charge is 0.462 e. The number of carbonyl (C=O) groups is 2. The zero-order valence-corrected chi connectivity index (χ0v) is 51.3. The zero-order chi connectivity index (χ0) is 57.6. The lowest BCUT2D eigenvalue weighted by Crippen LogP contribution is -2.28. The number of ether oxygens (including phenoxy) is 2. The number of aliphatic hydroxyl groups excluding tert-OH is 1. The van der Waals surface area contributed by atoms with E-state index in [2.05, 4.69) is 196 Å². The van der Waals surface area contributed by atoms with Crippen LogP contribution in [-0.2, 0) is 19.1 Å². The highest BCUT2D eigenvalue weighted by molar-refractivity contribution is 5.70. The number of aliphatic hydroxyl groups is 1. The summed E-state index contributed by atoms with van der Waals surface area (Å²) in [5.74, 6) is -0.613. The van der Waals surface area contributed by atoms with Crippen LogP contribution in [0, 0.1) is 0 Å². The van der Waals surface area contributed by atoms with Crippen molar-refractivity contribution in [1.82, 2.24) is 0 Å². The lowest BCUT2D eigenvalue weighted by atomic mass is 10.0. The summed E-state index contributed by atoms with van der Waals surface area (Å²) in [7, 11) is 0. The molecule has 448 valence electrons. The van der Waals surface area contributed by atoms with Gasteiger partial charge in [-0.15, -0.1) is 0 Å².